The van der Waals surface area contributed by atoms with Gasteiger partial charge in [0.1, 0.15) is 11.9 Å². The Hall–Kier alpha value is -2.55. The van der Waals surface area contributed by atoms with E-state index in [4.69, 9.17) is 4.74 Å². The summed E-state index contributed by atoms with van der Waals surface area (Å²) < 4.78 is 49.1. The lowest BCUT2D eigenvalue weighted by Crippen LogP contribution is -2.41. The number of sulfonamides is 1. The Kier molecular flexibility index (Phi) is 4.77. The summed E-state index contributed by atoms with van der Waals surface area (Å²) in [7, 11) is -3.83. The second-order valence-electron chi connectivity index (χ2n) is 6.37. The van der Waals surface area contributed by atoms with Crippen molar-refractivity contribution in [1.29, 1.82) is 0 Å². The molecule has 0 N–H and O–H groups in total. The zero-order valence-corrected chi connectivity index (χ0v) is 15.2. The average molecular weight is 387 g/mol. The molecule has 1 aliphatic heterocycles. The standard InChI is InChI=1S/C19H18FN3O3S/c20-16-5-3-4-15(10-16)12-23-14-17(13-22-8-1-2-9-22)26-18-6-7-21-11-19(18)27(23,24)25/h1-11,17H,12-14H2. The van der Waals surface area contributed by atoms with E-state index >= 15 is 0 Å². The number of benzene rings is 1. The van der Waals surface area contributed by atoms with Crippen LogP contribution in [0.2, 0.25) is 0 Å². The van der Waals surface area contributed by atoms with Crippen LogP contribution in [0.3, 0.4) is 0 Å². The van der Waals surface area contributed by atoms with Gasteiger partial charge in [0.05, 0.1) is 25.8 Å². The van der Waals surface area contributed by atoms with Crippen molar-refractivity contribution in [1.82, 2.24) is 13.9 Å². The van der Waals surface area contributed by atoms with Crippen molar-refractivity contribution in [2.24, 2.45) is 0 Å². The third kappa shape index (κ3) is 3.78. The minimum atomic E-state index is -3.83. The van der Waals surface area contributed by atoms with Crippen LogP contribution in [0.1, 0.15) is 5.56 Å². The first-order valence-electron chi connectivity index (χ1n) is 8.48. The van der Waals surface area contributed by atoms with Crippen molar-refractivity contribution in [3.63, 3.8) is 0 Å². The number of aromatic nitrogens is 2. The molecular formula is C19H18FN3O3S. The van der Waals surface area contributed by atoms with Crippen LogP contribution in [0.15, 0.2) is 72.1 Å². The van der Waals surface area contributed by atoms with Gasteiger partial charge < -0.3 is 13.9 Å². The van der Waals surface area contributed by atoms with Gasteiger partial charge in [0.25, 0.3) is 0 Å². The molecule has 2 atom stereocenters. The van der Waals surface area contributed by atoms with Gasteiger partial charge in [0, 0.05) is 24.7 Å². The smallest absolute Gasteiger partial charge is 0.235 e. The van der Waals surface area contributed by atoms with Gasteiger partial charge in [0.15, 0.2) is 16.1 Å². The minimum absolute atomic E-state index is 0.0245. The second kappa shape index (κ2) is 7.22. The molecule has 8 heteroatoms. The largest absolute Gasteiger partial charge is 0.593 e. The van der Waals surface area contributed by atoms with E-state index in [0.717, 1.165) is 0 Å². The summed E-state index contributed by atoms with van der Waals surface area (Å²) in [6.07, 6.45) is 6.19. The molecule has 2 unspecified atom stereocenters. The summed E-state index contributed by atoms with van der Waals surface area (Å²) >= 11 is 0. The van der Waals surface area contributed by atoms with Crippen molar-refractivity contribution in [2.75, 3.05) is 6.54 Å². The molecule has 0 radical (unpaired) electrons. The normalized spacial score (nSPS) is 22.7. The molecular weight excluding hydrogens is 369 g/mol. The van der Waals surface area contributed by atoms with E-state index in [2.05, 4.69) is 4.98 Å². The number of ether oxygens (including phenoxy) is 1. The van der Waals surface area contributed by atoms with Gasteiger partial charge in [-0.25, -0.2) is 4.39 Å². The maximum absolute atomic E-state index is 13.6. The van der Waals surface area contributed by atoms with Crippen LogP contribution in [0.4, 0.5) is 4.39 Å². The summed E-state index contributed by atoms with van der Waals surface area (Å²) in [5.41, 5.74) is 0.575. The third-order valence-electron chi connectivity index (χ3n) is 4.39. The van der Waals surface area contributed by atoms with E-state index in [1.54, 1.807) is 18.2 Å². The van der Waals surface area contributed by atoms with Crippen molar-refractivity contribution in [3.05, 3.63) is 78.6 Å². The van der Waals surface area contributed by atoms with Gasteiger partial charge in [-0.15, -0.1) is 4.31 Å². The zero-order valence-electron chi connectivity index (χ0n) is 14.4. The van der Waals surface area contributed by atoms with Gasteiger partial charge in [-0.3, -0.25) is 4.98 Å². The number of rotatable bonds is 4. The molecule has 6 nitrogen and oxygen atoms in total. The number of fused-ring (bicyclic) bond motifs is 1. The lowest BCUT2D eigenvalue weighted by Gasteiger charge is -2.26. The zero-order chi connectivity index (χ0) is 18.9. The van der Waals surface area contributed by atoms with Crippen LogP contribution in [-0.2, 0) is 27.7 Å². The van der Waals surface area contributed by atoms with Gasteiger partial charge in [0.2, 0.25) is 4.90 Å². The van der Waals surface area contributed by atoms with Gasteiger partial charge in [-0.05, 0) is 29.8 Å². The van der Waals surface area contributed by atoms with Gasteiger partial charge in [-0.2, -0.15) is 0 Å². The van der Waals surface area contributed by atoms with Gasteiger partial charge >= 0.3 is 0 Å². The highest BCUT2D eigenvalue weighted by Crippen LogP contribution is 2.34. The predicted octanol–water partition coefficient (Wildman–Crippen LogP) is 2.89. The lowest BCUT2D eigenvalue weighted by atomic mass is 10.2. The Bertz CT molecular complexity index is 980. The first kappa shape index (κ1) is 17.8. The SMILES string of the molecule is O=[S+]1([O-])c2cnccc2OC(Cn2cccc2)CN1Cc1cccc(F)c1. The fraction of sp³-hybridized carbons (Fsp3) is 0.211. The fourth-order valence-electron chi connectivity index (χ4n) is 3.15. The molecule has 4 rings (SSSR count). The molecule has 140 valence electrons. The number of pyridine rings is 1. The summed E-state index contributed by atoms with van der Waals surface area (Å²) in [6.45, 7) is 0.690. The van der Waals surface area contributed by atoms with E-state index in [-0.39, 0.29) is 23.7 Å². The number of nitrogens with zero attached hydrogens (tertiary/aromatic N) is 3. The Labute approximate surface area is 157 Å². The molecule has 2 aromatic heterocycles. The van der Waals surface area contributed by atoms with E-state index < -0.39 is 22.3 Å². The quantitative estimate of drug-likeness (QED) is 0.646. The summed E-state index contributed by atoms with van der Waals surface area (Å²) in [5.74, 6) is -0.120. The molecule has 0 spiro atoms. The van der Waals surface area contributed by atoms with Crippen molar-refractivity contribution in [3.8, 4) is 5.75 Å². The first-order chi connectivity index (χ1) is 13.0. The lowest BCUT2D eigenvalue weighted by molar-refractivity contribution is 0.152. The third-order valence-corrected chi connectivity index (χ3v) is 6.21. The Morgan fingerprint density at radius 1 is 1.26 bits per heavy atom. The highest BCUT2D eigenvalue weighted by atomic mass is 32.3. The Morgan fingerprint density at radius 2 is 2.07 bits per heavy atom. The molecule has 0 fully saturated rings. The Balaban J connectivity index is 1.70. The van der Waals surface area contributed by atoms with Crippen LogP contribution < -0.4 is 4.74 Å². The maximum Gasteiger partial charge on any atom is 0.235 e. The summed E-state index contributed by atoms with van der Waals surface area (Å²) in [5, 5.41) is 0. The molecule has 3 heterocycles. The van der Waals surface area contributed by atoms with Crippen LogP contribution in [0.25, 0.3) is 0 Å². The monoisotopic (exact) mass is 387 g/mol. The minimum Gasteiger partial charge on any atom is -0.593 e. The second-order valence-corrected chi connectivity index (χ2v) is 8.28. The molecule has 3 aromatic rings. The van der Waals surface area contributed by atoms with Crippen LogP contribution in [0.5, 0.6) is 5.75 Å². The van der Waals surface area contributed by atoms with E-state index in [0.29, 0.717) is 12.1 Å². The van der Waals surface area contributed by atoms with Gasteiger partial charge in [-0.1, -0.05) is 16.3 Å². The van der Waals surface area contributed by atoms with E-state index in [1.807, 2.05) is 29.1 Å². The van der Waals surface area contributed by atoms with Crippen LogP contribution >= 0.6 is 0 Å². The number of halogens is 1. The molecule has 1 aromatic carbocycles. The van der Waals surface area contributed by atoms with Crippen LogP contribution in [0, 0.1) is 5.82 Å². The van der Waals surface area contributed by atoms with Crippen LogP contribution in [-0.4, -0.2) is 31.1 Å². The molecule has 0 amide bonds. The van der Waals surface area contributed by atoms with E-state index in [9.17, 15) is 13.2 Å². The first-order valence-corrected chi connectivity index (χ1v) is 9.92. The predicted molar refractivity (Wildman–Crippen MR) is 97.0 cm³/mol. The molecule has 0 saturated carbocycles. The molecule has 0 aliphatic carbocycles. The highest BCUT2D eigenvalue weighted by molar-refractivity contribution is 7.95. The topological polar surface area (TPSA) is 70.4 Å². The van der Waals surface area contributed by atoms with Crippen molar-refractivity contribution >= 4 is 10.4 Å². The average Bonchev–Trinajstić information content (AvgIpc) is 3.11. The van der Waals surface area contributed by atoms with Crippen molar-refractivity contribution in [2.45, 2.75) is 24.1 Å². The molecule has 0 bridgehead atoms. The summed E-state index contributed by atoms with van der Waals surface area (Å²) in [6, 6.07) is 11.3. The molecule has 0 saturated heterocycles. The number of hydrogen-bond acceptors (Lipinski definition) is 4. The Morgan fingerprint density at radius 3 is 2.85 bits per heavy atom. The summed E-state index contributed by atoms with van der Waals surface area (Å²) in [4.78, 5) is 3.97. The molecule has 27 heavy (non-hydrogen) atoms. The number of hydrogen-bond donors (Lipinski definition) is 0. The maximum atomic E-state index is 13.6. The van der Waals surface area contributed by atoms with Crippen molar-refractivity contribution < 1.29 is 17.9 Å². The fourth-order valence-corrected chi connectivity index (χ4v) is 4.67. The highest BCUT2D eigenvalue weighted by Gasteiger charge is 2.39. The molecule has 1 aliphatic rings. The van der Waals surface area contributed by atoms with E-state index in [1.165, 1.54) is 28.8 Å².